The first kappa shape index (κ1) is 12.9. The summed E-state index contributed by atoms with van der Waals surface area (Å²) in [4.78, 5) is 11.6. The van der Waals surface area contributed by atoms with Crippen LogP contribution in [-0.2, 0) is 9.53 Å². The molecule has 1 saturated heterocycles. The van der Waals surface area contributed by atoms with Crippen molar-refractivity contribution >= 4 is 12.0 Å². The Morgan fingerprint density at radius 3 is 2.94 bits per heavy atom. The molecule has 1 aromatic rings. The molecule has 2 N–H and O–H groups in total. The molecule has 18 heavy (non-hydrogen) atoms. The lowest BCUT2D eigenvalue weighted by Crippen LogP contribution is -2.46. The Bertz CT molecular complexity index is 405. The Morgan fingerprint density at radius 1 is 1.50 bits per heavy atom. The number of amides is 1. The highest BCUT2D eigenvalue weighted by Gasteiger charge is 2.29. The molecule has 5 nitrogen and oxygen atoms in total. The number of carbonyl (C=O) groups excluding carboxylic acids is 1. The van der Waals surface area contributed by atoms with Crippen molar-refractivity contribution in [3.8, 4) is 0 Å². The van der Waals surface area contributed by atoms with E-state index in [4.69, 9.17) is 9.15 Å². The maximum absolute atomic E-state index is 11.6. The molecule has 1 aromatic heterocycles. The number of aliphatic hydroxyl groups is 1. The van der Waals surface area contributed by atoms with Crippen molar-refractivity contribution in [2.24, 2.45) is 0 Å². The van der Waals surface area contributed by atoms with Gasteiger partial charge in [0.1, 0.15) is 0 Å². The third-order valence-corrected chi connectivity index (χ3v) is 2.99. The van der Waals surface area contributed by atoms with Crippen molar-refractivity contribution in [3.05, 3.63) is 30.2 Å². The molecular formula is C13H17NO4. The molecule has 0 unspecified atom stereocenters. The third-order valence-electron chi connectivity index (χ3n) is 2.99. The van der Waals surface area contributed by atoms with Crippen molar-refractivity contribution in [2.45, 2.75) is 18.4 Å². The second-order valence-electron chi connectivity index (χ2n) is 4.44. The van der Waals surface area contributed by atoms with E-state index >= 15 is 0 Å². The first-order chi connectivity index (χ1) is 8.68. The summed E-state index contributed by atoms with van der Waals surface area (Å²) in [5.74, 6) is -0.226. The van der Waals surface area contributed by atoms with Crippen molar-refractivity contribution < 1.29 is 19.1 Å². The quantitative estimate of drug-likeness (QED) is 0.782. The van der Waals surface area contributed by atoms with Gasteiger partial charge in [-0.2, -0.15) is 0 Å². The number of hydrogen-bond donors (Lipinski definition) is 2. The summed E-state index contributed by atoms with van der Waals surface area (Å²) in [6.07, 6.45) is 7.29. The zero-order valence-corrected chi connectivity index (χ0v) is 10.1. The number of hydrogen-bond acceptors (Lipinski definition) is 4. The first-order valence-corrected chi connectivity index (χ1v) is 5.96. The summed E-state index contributed by atoms with van der Waals surface area (Å²) >= 11 is 0. The van der Waals surface area contributed by atoms with E-state index < -0.39 is 5.60 Å². The zero-order valence-electron chi connectivity index (χ0n) is 10.1. The molecule has 0 spiro atoms. The highest BCUT2D eigenvalue weighted by molar-refractivity contribution is 5.91. The second-order valence-corrected chi connectivity index (χ2v) is 4.44. The van der Waals surface area contributed by atoms with Crippen LogP contribution in [0.3, 0.4) is 0 Å². The van der Waals surface area contributed by atoms with Gasteiger partial charge in [0.05, 0.1) is 18.1 Å². The average molecular weight is 251 g/mol. The van der Waals surface area contributed by atoms with Crippen molar-refractivity contribution in [1.29, 1.82) is 0 Å². The van der Waals surface area contributed by atoms with E-state index in [1.54, 1.807) is 24.7 Å². The van der Waals surface area contributed by atoms with Crippen LogP contribution in [0.15, 0.2) is 29.1 Å². The normalized spacial score (nSPS) is 18.9. The lowest BCUT2D eigenvalue weighted by atomic mass is 9.94. The van der Waals surface area contributed by atoms with Gasteiger partial charge in [-0.05, 0) is 12.1 Å². The van der Waals surface area contributed by atoms with Crippen LogP contribution >= 0.6 is 0 Å². The molecule has 0 aliphatic carbocycles. The number of carbonyl (C=O) groups is 1. The van der Waals surface area contributed by atoms with E-state index in [9.17, 15) is 9.90 Å². The molecule has 0 bridgehead atoms. The van der Waals surface area contributed by atoms with Crippen LogP contribution in [0.2, 0.25) is 0 Å². The molecule has 2 heterocycles. The van der Waals surface area contributed by atoms with Crippen LogP contribution in [0.5, 0.6) is 0 Å². The Labute approximate surface area is 105 Å². The molecule has 0 saturated carbocycles. The molecule has 0 aromatic carbocycles. The van der Waals surface area contributed by atoms with Gasteiger partial charge >= 0.3 is 0 Å². The van der Waals surface area contributed by atoms with Gasteiger partial charge in [-0.3, -0.25) is 4.79 Å². The highest BCUT2D eigenvalue weighted by atomic mass is 16.5. The van der Waals surface area contributed by atoms with Crippen molar-refractivity contribution in [3.63, 3.8) is 0 Å². The summed E-state index contributed by atoms with van der Waals surface area (Å²) in [5, 5.41) is 12.8. The molecule has 1 aliphatic rings. The fourth-order valence-electron chi connectivity index (χ4n) is 1.78. The van der Waals surface area contributed by atoms with Gasteiger partial charge in [0, 0.05) is 44.2 Å². The first-order valence-electron chi connectivity index (χ1n) is 5.96. The fourth-order valence-corrected chi connectivity index (χ4v) is 1.78. The van der Waals surface area contributed by atoms with Gasteiger partial charge in [0.2, 0.25) is 5.91 Å². The van der Waals surface area contributed by atoms with Gasteiger partial charge in [0.15, 0.2) is 0 Å². The molecule has 98 valence electrons. The van der Waals surface area contributed by atoms with Crippen LogP contribution in [0.1, 0.15) is 18.4 Å². The van der Waals surface area contributed by atoms with Gasteiger partial charge < -0.3 is 19.6 Å². The van der Waals surface area contributed by atoms with E-state index in [2.05, 4.69) is 5.32 Å². The van der Waals surface area contributed by atoms with E-state index in [1.165, 1.54) is 6.08 Å². The number of nitrogens with one attached hydrogen (secondary N) is 1. The average Bonchev–Trinajstić information content (AvgIpc) is 2.88. The van der Waals surface area contributed by atoms with Gasteiger partial charge in [-0.25, -0.2) is 0 Å². The Morgan fingerprint density at radius 2 is 2.28 bits per heavy atom. The molecule has 0 atom stereocenters. The van der Waals surface area contributed by atoms with Crippen LogP contribution in [0, 0.1) is 0 Å². The monoisotopic (exact) mass is 251 g/mol. The smallest absolute Gasteiger partial charge is 0.244 e. The van der Waals surface area contributed by atoms with Crippen LogP contribution in [0.25, 0.3) is 6.08 Å². The zero-order chi connectivity index (χ0) is 12.8. The van der Waals surface area contributed by atoms with Crippen LogP contribution < -0.4 is 5.32 Å². The van der Waals surface area contributed by atoms with Gasteiger partial charge in [-0.1, -0.05) is 0 Å². The van der Waals surface area contributed by atoms with E-state index in [0.29, 0.717) is 26.1 Å². The topological polar surface area (TPSA) is 71.7 Å². The fraction of sp³-hybridized carbons (Fsp3) is 0.462. The second kappa shape index (κ2) is 5.84. The van der Waals surface area contributed by atoms with E-state index in [0.717, 1.165) is 5.56 Å². The van der Waals surface area contributed by atoms with E-state index in [1.807, 2.05) is 0 Å². The molecule has 1 amide bonds. The largest absolute Gasteiger partial charge is 0.472 e. The molecule has 1 aliphatic heterocycles. The molecule has 1 fully saturated rings. The highest BCUT2D eigenvalue weighted by Crippen LogP contribution is 2.19. The Balaban J connectivity index is 1.77. The lowest BCUT2D eigenvalue weighted by molar-refractivity contribution is -0.119. The summed E-state index contributed by atoms with van der Waals surface area (Å²) < 4.78 is 10.1. The Kier molecular flexibility index (Phi) is 4.17. The number of ether oxygens (including phenoxy) is 1. The molecule has 0 radical (unpaired) electrons. The SMILES string of the molecule is O=C(C=Cc1ccoc1)NCC1(O)CCOCC1. The van der Waals surface area contributed by atoms with Crippen LogP contribution in [-0.4, -0.2) is 36.4 Å². The summed E-state index contributed by atoms with van der Waals surface area (Å²) in [6.45, 7) is 1.33. The molecule has 5 heteroatoms. The van der Waals surface area contributed by atoms with Gasteiger partial charge in [0.25, 0.3) is 0 Å². The predicted octanol–water partition coefficient (Wildman–Crippen LogP) is 0.951. The molecular weight excluding hydrogens is 234 g/mol. The van der Waals surface area contributed by atoms with Gasteiger partial charge in [-0.15, -0.1) is 0 Å². The van der Waals surface area contributed by atoms with Crippen molar-refractivity contribution in [1.82, 2.24) is 5.32 Å². The minimum Gasteiger partial charge on any atom is -0.472 e. The minimum absolute atomic E-state index is 0.226. The van der Waals surface area contributed by atoms with Crippen LogP contribution in [0.4, 0.5) is 0 Å². The van der Waals surface area contributed by atoms with Crippen molar-refractivity contribution in [2.75, 3.05) is 19.8 Å². The standard InChI is InChI=1S/C13H17NO4/c15-12(2-1-11-3-6-18-9-11)14-10-13(16)4-7-17-8-5-13/h1-3,6,9,16H,4-5,7-8,10H2,(H,14,15). The maximum Gasteiger partial charge on any atom is 0.244 e. The predicted molar refractivity (Wildman–Crippen MR) is 65.8 cm³/mol. The number of furan rings is 1. The van der Waals surface area contributed by atoms with E-state index in [-0.39, 0.29) is 12.5 Å². The molecule has 2 rings (SSSR count). The summed E-state index contributed by atoms with van der Waals surface area (Å²) in [6, 6.07) is 1.76. The minimum atomic E-state index is -0.836. The maximum atomic E-state index is 11.6. The summed E-state index contributed by atoms with van der Waals surface area (Å²) in [5.41, 5.74) is -0.00729. The number of rotatable bonds is 4. The lowest BCUT2D eigenvalue weighted by Gasteiger charge is -2.31. The summed E-state index contributed by atoms with van der Waals surface area (Å²) in [7, 11) is 0. The Hall–Kier alpha value is -1.59. The third kappa shape index (κ3) is 3.72.